The molecule has 0 unspecified atom stereocenters. The fourth-order valence-electron chi connectivity index (χ4n) is 5.08. The van der Waals surface area contributed by atoms with Crippen molar-refractivity contribution < 1.29 is 0 Å². The van der Waals surface area contributed by atoms with Crippen molar-refractivity contribution >= 4 is 65.2 Å². The number of nitrogens with zero attached hydrogens (tertiary/aromatic N) is 5. The van der Waals surface area contributed by atoms with Crippen LogP contribution in [-0.2, 0) is 0 Å². The van der Waals surface area contributed by atoms with E-state index < -0.39 is 0 Å². The summed E-state index contributed by atoms with van der Waals surface area (Å²) in [5.74, 6) is 0. The highest BCUT2D eigenvalue weighted by Gasteiger charge is 2.20. The van der Waals surface area contributed by atoms with Crippen LogP contribution in [0.1, 0.15) is 11.4 Å². The van der Waals surface area contributed by atoms with E-state index in [-0.39, 0.29) is 11.4 Å². The van der Waals surface area contributed by atoms with Gasteiger partial charge in [-0.15, -0.1) is 0 Å². The molecule has 0 bridgehead atoms. The van der Waals surface area contributed by atoms with Crippen LogP contribution in [0.4, 0.5) is 0 Å². The summed E-state index contributed by atoms with van der Waals surface area (Å²) in [6.07, 6.45) is 0. The highest BCUT2D eigenvalue weighted by Crippen LogP contribution is 2.43. The summed E-state index contributed by atoms with van der Waals surface area (Å²) in [7, 11) is 0. The molecule has 0 aliphatic heterocycles. The first-order valence-corrected chi connectivity index (χ1v) is 10.8. The van der Waals surface area contributed by atoms with Crippen LogP contribution in [0.25, 0.3) is 65.2 Å². The lowest BCUT2D eigenvalue weighted by atomic mass is 9.90. The van der Waals surface area contributed by atoms with Crippen LogP contribution >= 0.6 is 0 Å². The maximum atomic E-state index is 9.70. The zero-order valence-corrected chi connectivity index (χ0v) is 17.7. The van der Waals surface area contributed by atoms with Crippen molar-refractivity contribution in [2.45, 2.75) is 0 Å². The molecule has 0 radical (unpaired) electrons. The van der Waals surface area contributed by atoms with Gasteiger partial charge < -0.3 is 0 Å². The molecule has 0 aliphatic carbocycles. The third-order valence-corrected chi connectivity index (χ3v) is 6.50. The molecule has 5 aromatic carbocycles. The van der Waals surface area contributed by atoms with Crippen LogP contribution in [0.5, 0.6) is 0 Å². The largest absolute Gasteiger partial charge is 0.245 e. The number of hydrogen-bond acceptors (Lipinski definition) is 5. The van der Waals surface area contributed by atoms with Crippen LogP contribution in [0, 0.1) is 22.7 Å². The van der Waals surface area contributed by atoms with Crippen LogP contribution in [0.2, 0.25) is 0 Å². The Hall–Kier alpha value is -5.13. The first-order chi connectivity index (χ1) is 16.8. The van der Waals surface area contributed by atoms with Gasteiger partial charge in [-0.1, -0.05) is 66.7 Å². The Kier molecular flexibility index (Phi) is 3.63. The molecular formula is C29H13N5. The first-order valence-electron chi connectivity index (χ1n) is 10.8. The van der Waals surface area contributed by atoms with E-state index in [1.807, 2.05) is 60.7 Å². The van der Waals surface area contributed by atoms with Gasteiger partial charge in [-0.25, -0.2) is 15.0 Å². The monoisotopic (exact) mass is 431 g/mol. The molecule has 0 fully saturated rings. The van der Waals surface area contributed by atoms with Gasteiger partial charge in [0.15, 0.2) is 11.4 Å². The number of nitriles is 2. The maximum Gasteiger partial charge on any atom is 0.177 e. The zero-order chi connectivity index (χ0) is 22.8. The molecule has 0 saturated heterocycles. The minimum atomic E-state index is 0.00991. The predicted molar refractivity (Wildman–Crippen MR) is 134 cm³/mol. The second-order valence-corrected chi connectivity index (χ2v) is 8.26. The summed E-state index contributed by atoms with van der Waals surface area (Å²) in [6.45, 7) is 0. The second kappa shape index (κ2) is 6.68. The molecule has 0 saturated carbocycles. The Morgan fingerprint density at radius 2 is 1.06 bits per heavy atom. The third kappa shape index (κ3) is 2.33. The van der Waals surface area contributed by atoms with Crippen molar-refractivity contribution in [2.24, 2.45) is 0 Å². The van der Waals surface area contributed by atoms with Gasteiger partial charge in [-0.3, -0.25) is 0 Å². The van der Waals surface area contributed by atoms with Crippen molar-refractivity contribution in [1.82, 2.24) is 15.0 Å². The Balaban J connectivity index is 1.93. The van der Waals surface area contributed by atoms with Gasteiger partial charge in [0.2, 0.25) is 0 Å². The van der Waals surface area contributed by atoms with Crippen molar-refractivity contribution in [2.75, 3.05) is 0 Å². The van der Waals surface area contributed by atoms with E-state index in [1.54, 1.807) is 0 Å². The van der Waals surface area contributed by atoms with Gasteiger partial charge in [0.05, 0.1) is 11.0 Å². The summed E-state index contributed by atoms with van der Waals surface area (Å²) < 4.78 is 0. The van der Waals surface area contributed by atoms with Gasteiger partial charge in [0.1, 0.15) is 23.2 Å². The molecule has 7 rings (SSSR count). The van der Waals surface area contributed by atoms with E-state index in [0.29, 0.717) is 16.6 Å². The molecule has 0 amide bonds. The average molecular weight is 431 g/mol. The third-order valence-electron chi connectivity index (χ3n) is 6.50. The summed E-state index contributed by atoms with van der Waals surface area (Å²) >= 11 is 0. The fraction of sp³-hybridized carbons (Fsp3) is 0. The number of pyridine rings is 1. The Bertz CT molecular complexity index is 2100. The first kappa shape index (κ1) is 18.4. The molecule has 2 aromatic heterocycles. The molecule has 34 heavy (non-hydrogen) atoms. The van der Waals surface area contributed by atoms with Crippen molar-refractivity contribution in [1.29, 1.82) is 10.5 Å². The molecular weight excluding hydrogens is 418 g/mol. The van der Waals surface area contributed by atoms with Crippen molar-refractivity contribution in [3.05, 3.63) is 90.3 Å². The maximum absolute atomic E-state index is 9.70. The van der Waals surface area contributed by atoms with Crippen LogP contribution in [0.15, 0.2) is 78.9 Å². The standard InChI is InChI=1S/C29H13N5/c30-14-23-24(15-31)34-29-27-21(13-16-7-1-6-12-22(16)32-27)25-19-10-4-2-8-17(19)18-9-3-5-11-20(18)26(25)28(29)33-23/h1-13H. The molecule has 0 N–H and O–H groups in total. The quantitative estimate of drug-likeness (QED) is 0.201. The van der Waals surface area contributed by atoms with Gasteiger partial charge in [0, 0.05) is 21.5 Å². The summed E-state index contributed by atoms with van der Waals surface area (Å²) in [5, 5.41) is 27.6. The normalized spacial score (nSPS) is 11.5. The number of rotatable bonds is 0. The smallest absolute Gasteiger partial charge is 0.177 e. The Labute approximate surface area is 193 Å². The lowest BCUT2D eigenvalue weighted by molar-refractivity contribution is 1.21. The molecule has 154 valence electrons. The highest BCUT2D eigenvalue weighted by molar-refractivity contribution is 6.38. The van der Waals surface area contributed by atoms with Crippen LogP contribution < -0.4 is 0 Å². The van der Waals surface area contributed by atoms with Crippen LogP contribution in [0.3, 0.4) is 0 Å². The molecule has 2 heterocycles. The van der Waals surface area contributed by atoms with Gasteiger partial charge >= 0.3 is 0 Å². The van der Waals surface area contributed by atoms with E-state index in [4.69, 9.17) is 9.97 Å². The molecule has 0 atom stereocenters. The number of fused-ring (bicyclic) bond motifs is 12. The van der Waals surface area contributed by atoms with Gasteiger partial charge in [-0.2, -0.15) is 10.5 Å². The topological polar surface area (TPSA) is 86.2 Å². The van der Waals surface area contributed by atoms with E-state index in [0.717, 1.165) is 48.6 Å². The Morgan fingerprint density at radius 3 is 1.74 bits per heavy atom. The Morgan fingerprint density at radius 1 is 0.500 bits per heavy atom. The van der Waals surface area contributed by atoms with Gasteiger partial charge in [-0.05, 0) is 33.7 Å². The second-order valence-electron chi connectivity index (χ2n) is 8.26. The van der Waals surface area contributed by atoms with E-state index in [9.17, 15) is 10.5 Å². The highest BCUT2D eigenvalue weighted by atomic mass is 14.9. The van der Waals surface area contributed by atoms with Crippen molar-refractivity contribution in [3.63, 3.8) is 0 Å². The van der Waals surface area contributed by atoms with E-state index in [2.05, 4.69) is 35.3 Å². The van der Waals surface area contributed by atoms with Gasteiger partial charge in [0.25, 0.3) is 0 Å². The summed E-state index contributed by atoms with van der Waals surface area (Å²) in [5.41, 5.74) is 2.66. The number of para-hydroxylation sites is 1. The summed E-state index contributed by atoms with van der Waals surface area (Å²) in [6, 6.07) is 30.7. The number of aromatic nitrogens is 3. The van der Waals surface area contributed by atoms with Crippen molar-refractivity contribution in [3.8, 4) is 12.1 Å². The van der Waals surface area contributed by atoms with Crippen LogP contribution in [-0.4, -0.2) is 15.0 Å². The summed E-state index contributed by atoms with van der Waals surface area (Å²) in [4.78, 5) is 14.3. The van der Waals surface area contributed by atoms with E-state index >= 15 is 0 Å². The SMILES string of the molecule is N#Cc1nc2c3nc4ccccc4cc3c3c4ccccc4c4ccccc4c3c2nc1C#N. The lowest BCUT2D eigenvalue weighted by Crippen LogP contribution is -1.99. The molecule has 5 heteroatoms. The fourth-order valence-corrected chi connectivity index (χ4v) is 5.08. The molecule has 0 spiro atoms. The minimum absolute atomic E-state index is 0.00991. The average Bonchev–Trinajstić information content (AvgIpc) is 2.91. The molecule has 0 aliphatic rings. The minimum Gasteiger partial charge on any atom is -0.245 e. The number of hydrogen-bond donors (Lipinski definition) is 0. The lowest BCUT2D eigenvalue weighted by Gasteiger charge is -2.15. The zero-order valence-electron chi connectivity index (χ0n) is 17.7. The molecule has 7 aromatic rings. The molecule has 5 nitrogen and oxygen atoms in total. The number of benzene rings is 5. The predicted octanol–water partition coefficient (Wildman–Crippen LogP) is 6.53. The van der Waals surface area contributed by atoms with E-state index in [1.165, 1.54) is 0 Å².